The Bertz CT molecular complexity index is 501. The second-order valence-corrected chi connectivity index (χ2v) is 4.18. The lowest BCUT2D eigenvalue weighted by atomic mass is 10.2. The van der Waals surface area contributed by atoms with Crippen LogP contribution in [0.25, 0.3) is 0 Å². The number of hydrogen-bond acceptors (Lipinski definition) is 4. The van der Waals surface area contributed by atoms with E-state index in [2.05, 4.69) is 17.0 Å². The van der Waals surface area contributed by atoms with Crippen LogP contribution in [0.1, 0.15) is 24.7 Å². The molecule has 1 heterocycles. The highest BCUT2D eigenvalue weighted by atomic mass is 16.5. The Balaban J connectivity index is 2.09. The van der Waals surface area contributed by atoms with Crippen molar-refractivity contribution in [3.05, 3.63) is 35.9 Å². The monoisotopic (exact) mass is 246 g/mol. The molecule has 0 aliphatic rings. The van der Waals surface area contributed by atoms with Gasteiger partial charge < -0.3 is 10.5 Å². The van der Waals surface area contributed by atoms with Gasteiger partial charge in [-0.15, -0.1) is 0 Å². The molecule has 0 saturated carbocycles. The summed E-state index contributed by atoms with van der Waals surface area (Å²) in [6.07, 6.45) is 2.57. The number of hydrogen-bond donors (Lipinski definition) is 1. The van der Waals surface area contributed by atoms with Crippen LogP contribution in [-0.2, 0) is 13.2 Å². The summed E-state index contributed by atoms with van der Waals surface area (Å²) in [7, 11) is 0. The van der Waals surface area contributed by atoms with Crippen LogP contribution in [0, 0.1) is 6.92 Å². The average molecular weight is 246 g/mol. The Morgan fingerprint density at radius 1 is 1.39 bits per heavy atom. The van der Waals surface area contributed by atoms with E-state index in [0.29, 0.717) is 12.3 Å². The van der Waals surface area contributed by atoms with E-state index >= 15 is 0 Å². The lowest BCUT2D eigenvalue weighted by molar-refractivity contribution is 0.286. The van der Waals surface area contributed by atoms with E-state index in [9.17, 15) is 0 Å². The van der Waals surface area contributed by atoms with Crippen LogP contribution in [0.4, 0.5) is 5.69 Å². The van der Waals surface area contributed by atoms with E-state index in [-0.39, 0.29) is 0 Å². The number of anilines is 1. The van der Waals surface area contributed by atoms with Gasteiger partial charge in [-0.2, -0.15) is 5.10 Å². The maximum absolute atomic E-state index is 5.89. The maximum atomic E-state index is 5.89. The third-order valence-electron chi connectivity index (χ3n) is 2.72. The zero-order valence-electron chi connectivity index (χ0n) is 10.8. The summed E-state index contributed by atoms with van der Waals surface area (Å²) in [4.78, 5) is 4.20. The van der Waals surface area contributed by atoms with Crippen LogP contribution < -0.4 is 10.5 Å². The quantitative estimate of drug-likeness (QED) is 0.821. The van der Waals surface area contributed by atoms with Gasteiger partial charge in [0, 0.05) is 6.54 Å². The van der Waals surface area contributed by atoms with Crippen LogP contribution in [0.15, 0.2) is 24.5 Å². The summed E-state index contributed by atoms with van der Waals surface area (Å²) in [6, 6.07) is 5.72. The van der Waals surface area contributed by atoms with Crippen LogP contribution in [0.2, 0.25) is 0 Å². The van der Waals surface area contributed by atoms with Crippen molar-refractivity contribution < 1.29 is 4.74 Å². The number of nitrogens with two attached hydrogens (primary N) is 1. The van der Waals surface area contributed by atoms with Crippen molar-refractivity contribution in [2.24, 2.45) is 0 Å². The fourth-order valence-electron chi connectivity index (χ4n) is 1.81. The number of rotatable bonds is 5. The Morgan fingerprint density at radius 3 is 2.94 bits per heavy atom. The zero-order valence-corrected chi connectivity index (χ0v) is 10.8. The van der Waals surface area contributed by atoms with Crippen molar-refractivity contribution >= 4 is 5.69 Å². The van der Waals surface area contributed by atoms with Crippen molar-refractivity contribution in [2.75, 3.05) is 5.73 Å². The third kappa shape index (κ3) is 2.61. The van der Waals surface area contributed by atoms with Crippen molar-refractivity contribution in [2.45, 2.75) is 33.4 Å². The number of nitrogens with zero attached hydrogens (tertiary/aromatic N) is 3. The maximum Gasteiger partial charge on any atom is 0.164 e. The minimum atomic E-state index is 0.384. The lowest BCUT2D eigenvalue weighted by Crippen LogP contribution is -2.09. The zero-order chi connectivity index (χ0) is 13.0. The van der Waals surface area contributed by atoms with Crippen LogP contribution in [0.3, 0.4) is 0 Å². The second-order valence-electron chi connectivity index (χ2n) is 4.18. The van der Waals surface area contributed by atoms with Crippen molar-refractivity contribution in [3.63, 3.8) is 0 Å². The van der Waals surface area contributed by atoms with Gasteiger partial charge in [0.2, 0.25) is 0 Å². The number of aryl methyl sites for hydroxylation is 2. The number of ether oxygens (including phenoxy) is 1. The molecule has 1 aromatic carbocycles. The van der Waals surface area contributed by atoms with Gasteiger partial charge in [0.25, 0.3) is 0 Å². The van der Waals surface area contributed by atoms with Gasteiger partial charge >= 0.3 is 0 Å². The largest absolute Gasteiger partial charge is 0.483 e. The number of nitrogen functional groups attached to an aromatic ring is 1. The first-order chi connectivity index (χ1) is 8.72. The predicted molar refractivity (Wildman–Crippen MR) is 70.2 cm³/mol. The average Bonchev–Trinajstić information content (AvgIpc) is 2.77. The Kier molecular flexibility index (Phi) is 3.82. The molecule has 0 unspecified atom stereocenters. The molecule has 2 rings (SSSR count). The van der Waals surface area contributed by atoms with Crippen LogP contribution in [0.5, 0.6) is 5.75 Å². The molecule has 5 heteroatoms. The molecule has 0 spiro atoms. The minimum Gasteiger partial charge on any atom is -0.483 e. The van der Waals surface area contributed by atoms with Crippen LogP contribution in [-0.4, -0.2) is 14.8 Å². The molecule has 0 saturated heterocycles. The first-order valence-electron chi connectivity index (χ1n) is 6.07. The summed E-state index contributed by atoms with van der Waals surface area (Å²) < 4.78 is 7.61. The highest BCUT2D eigenvalue weighted by Gasteiger charge is 2.08. The lowest BCUT2D eigenvalue weighted by Gasteiger charge is -2.11. The van der Waals surface area contributed by atoms with Gasteiger partial charge in [-0.05, 0) is 25.0 Å². The summed E-state index contributed by atoms with van der Waals surface area (Å²) >= 11 is 0. The van der Waals surface area contributed by atoms with Crippen LogP contribution >= 0.6 is 0 Å². The van der Waals surface area contributed by atoms with Crippen molar-refractivity contribution in [1.29, 1.82) is 0 Å². The Hall–Kier alpha value is -2.04. The summed E-state index contributed by atoms with van der Waals surface area (Å²) in [6.45, 7) is 5.31. The van der Waals surface area contributed by atoms with Crippen molar-refractivity contribution in [1.82, 2.24) is 14.8 Å². The third-order valence-corrected chi connectivity index (χ3v) is 2.72. The Labute approximate surface area is 107 Å². The molecule has 5 nitrogen and oxygen atoms in total. The van der Waals surface area contributed by atoms with E-state index < -0.39 is 0 Å². The molecule has 0 radical (unpaired) electrons. The smallest absolute Gasteiger partial charge is 0.164 e. The number of benzene rings is 1. The van der Waals surface area contributed by atoms with Gasteiger partial charge in [-0.25, -0.2) is 9.67 Å². The molecule has 18 heavy (non-hydrogen) atoms. The molecule has 96 valence electrons. The standard InChI is InChI=1S/C13H18N4O/c1-3-7-17-12(15-9-16-17)8-18-13-10(2)5-4-6-11(13)14/h4-6,9H,3,7-8,14H2,1-2H3. The van der Waals surface area contributed by atoms with Gasteiger partial charge in [-0.3, -0.25) is 0 Å². The molecule has 2 aromatic rings. The normalized spacial score (nSPS) is 10.6. The van der Waals surface area contributed by atoms with E-state index in [4.69, 9.17) is 10.5 Å². The number of para-hydroxylation sites is 1. The van der Waals surface area contributed by atoms with Gasteiger partial charge in [0.05, 0.1) is 5.69 Å². The van der Waals surface area contributed by atoms with E-state index in [1.807, 2.05) is 29.8 Å². The minimum absolute atomic E-state index is 0.384. The van der Waals surface area contributed by atoms with E-state index in [1.165, 1.54) is 0 Å². The van der Waals surface area contributed by atoms with E-state index in [0.717, 1.165) is 30.1 Å². The summed E-state index contributed by atoms with van der Waals surface area (Å²) in [5.74, 6) is 1.54. The van der Waals surface area contributed by atoms with Crippen molar-refractivity contribution in [3.8, 4) is 5.75 Å². The molecule has 0 aliphatic heterocycles. The van der Waals surface area contributed by atoms with E-state index in [1.54, 1.807) is 6.33 Å². The summed E-state index contributed by atoms with van der Waals surface area (Å²) in [5.41, 5.74) is 7.56. The molecule has 2 N–H and O–H groups in total. The molecular weight excluding hydrogens is 228 g/mol. The summed E-state index contributed by atoms with van der Waals surface area (Å²) in [5, 5.41) is 4.16. The molecule has 0 amide bonds. The highest BCUT2D eigenvalue weighted by Crippen LogP contribution is 2.26. The SMILES string of the molecule is CCCn1ncnc1COc1c(C)cccc1N. The molecule has 0 atom stereocenters. The molecule has 1 aromatic heterocycles. The topological polar surface area (TPSA) is 66.0 Å². The predicted octanol–water partition coefficient (Wildman–Crippen LogP) is 2.16. The fourth-order valence-corrected chi connectivity index (χ4v) is 1.81. The van der Waals surface area contributed by atoms with Gasteiger partial charge in [0.15, 0.2) is 5.82 Å². The molecule has 0 bridgehead atoms. The second kappa shape index (κ2) is 5.53. The molecule has 0 aliphatic carbocycles. The number of aromatic nitrogens is 3. The first-order valence-corrected chi connectivity index (χ1v) is 6.07. The molecular formula is C13H18N4O. The first kappa shape index (κ1) is 12.4. The Morgan fingerprint density at radius 2 is 2.22 bits per heavy atom. The fraction of sp³-hybridized carbons (Fsp3) is 0.385. The molecule has 0 fully saturated rings. The highest BCUT2D eigenvalue weighted by molar-refractivity contribution is 5.56. The van der Waals surface area contributed by atoms with Gasteiger partial charge in [-0.1, -0.05) is 19.1 Å². The van der Waals surface area contributed by atoms with Gasteiger partial charge in [0.1, 0.15) is 18.7 Å².